The van der Waals surface area contributed by atoms with Crippen molar-refractivity contribution in [3.8, 4) is 0 Å². The van der Waals surface area contributed by atoms with E-state index in [1.807, 2.05) is 83.8 Å². The number of piperidine rings is 1. The molecule has 2 aliphatic heterocycles. The summed E-state index contributed by atoms with van der Waals surface area (Å²) in [5, 5.41) is 1.95. The number of likely N-dealkylation sites (tertiary alicyclic amines) is 2. The van der Waals surface area contributed by atoms with E-state index < -0.39 is 31.8 Å². The fourth-order valence-electron chi connectivity index (χ4n) is 9.35. The fourth-order valence-corrected chi connectivity index (χ4v) is 13.9. The molecule has 3 aliphatic rings. The normalized spacial score (nSPS) is 22.6. The van der Waals surface area contributed by atoms with Crippen molar-refractivity contribution in [1.29, 1.82) is 0 Å². The molecule has 1 aliphatic carbocycles. The van der Waals surface area contributed by atoms with Crippen LogP contribution < -0.4 is 10.4 Å². The van der Waals surface area contributed by atoms with E-state index in [9.17, 15) is 9.59 Å². The molecule has 0 N–H and O–H groups in total. The summed E-state index contributed by atoms with van der Waals surface area (Å²) in [7, 11) is -1.63. The summed E-state index contributed by atoms with van der Waals surface area (Å²) in [6.45, 7) is 7.88. The second kappa shape index (κ2) is 15.4. The average Bonchev–Trinajstić information content (AvgIpc) is 3.54. The van der Waals surface area contributed by atoms with Crippen molar-refractivity contribution in [2.24, 2.45) is 17.3 Å². The lowest BCUT2D eigenvalue weighted by atomic mass is 9.59. The minimum atomic E-state index is -3.03. The number of carbonyl (C=O) groups excluding carboxylic acids is 3. The van der Waals surface area contributed by atoms with Gasteiger partial charge in [-0.3, -0.25) is 14.5 Å². The Kier molecular flexibility index (Phi) is 10.6. The second-order valence-electron chi connectivity index (χ2n) is 15.8. The lowest BCUT2D eigenvalue weighted by Crippen LogP contribution is -2.67. The SMILES string of the molecule is COC(=O)[C@H]1CC=C2N(C(=O)OCc3ccccc3)[C@@H](CO[Si](c3ccccc3)(c3ccccc3)C(C)(C)C)C[C@]23C(=O)N(Cc2ccccc2)CC[C@H]13. The minimum absolute atomic E-state index is 0.0729. The van der Waals surface area contributed by atoms with Gasteiger partial charge in [-0.15, -0.1) is 0 Å². The highest BCUT2D eigenvalue weighted by atomic mass is 28.4. The fraction of sp³-hybridized carbons (Fsp3) is 0.356. The van der Waals surface area contributed by atoms with Crippen LogP contribution in [0.25, 0.3) is 0 Å². The van der Waals surface area contributed by atoms with Crippen molar-refractivity contribution < 1.29 is 28.3 Å². The number of amides is 2. The molecule has 0 unspecified atom stereocenters. The number of hydrogen-bond donors (Lipinski definition) is 0. The van der Waals surface area contributed by atoms with Crippen molar-refractivity contribution in [2.45, 2.75) is 64.3 Å². The van der Waals surface area contributed by atoms with E-state index in [0.717, 1.165) is 21.5 Å². The Bertz CT molecular complexity index is 1930. The van der Waals surface area contributed by atoms with E-state index in [4.69, 9.17) is 13.9 Å². The maximum Gasteiger partial charge on any atom is 0.414 e. The van der Waals surface area contributed by atoms with Crippen LogP contribution in [0.5, 0.6) is 0 Å². The smallest absolute Gasteiger partial charge is 0.414 e. The summed E-state index contributed by atoms with van der Waals surface area (Å²) < 4.78 is 18.9. The monoisotopic (exact) mass is 742 g/mol. The molecule has 0 saturated carbocycles. The Hall–Kier alpha value is -4.99. The molecule has 2 heterocycles. The first kappa shape index (κ1) is 37.3. The number of ether oxygens (including phenoxy) is 2. The quantitative estimate of drug-likeness (QED) is 0.128. The van der Waals surface area contributed by atoms with Gasteiger partial charge in [0.05, 0.1) is 31.1 Å². The van der Waals surface area contributed by atoms with Gasteiger partial charge in [0.25, 0.3) is 8.32 Å². The number of esters is 1. The minimum Gasteiger partial charge on any atom is -0.469 e. The largest absolute Gasteiger partial charge is 0.469 e. The Morgan fingerprint density at radius 3 is 1.93 bits per heavy atom. The number of benzene rings is 4. The van der Waals surface area contributed by atoms with Gasteiger partial charge < -0.3 is 18.8 Å². The van der Waals surface area contributed by atoms with Crippen LogP contribution in [0.1, 0.15) is 51.2 Å². The first-order valence-corrected chi connectivity index (χ1v) is 20.9. The highest BCUT2D eigenvalue weighted by Crippen LogP contribution is 2.59. The molecule has 2 amide bonds. The van der Waals surface area contributed by atoms with Crippen LogP contribution in [0, 0.1) is 17.3 Å². The third kappa shape index (κ3) is 6.68. The zero-order chi connectivity index (χ0) is 37.9. The van der Waals surface area contributed by atoms with Crippen LogP contribution >= 0.6 is 0 Å². The van der Waals surface area contributed by atoms with Gasteiger partial charge in [-0.2, -0.15) is 0 Å². The number of nitrogens with zero attached hydrogens (tertiary/aromatic N) is 2. The zero-order valence-electron chi connectivity index (χ0n) is 31.7. The lowest BCUT2D eigenvalue weighted by molar-refractivity contribution is -0.159. The number of hydrogen-bond acceptors (Lipinski definition) is 6. The van der Waals surface area contributed by atoms with Gasteiger partial charge in [0.1, 0.15) is 6.61 Å². The van der Waals surface area contributed by atoms with Crippen LogP contribution in [0.4, 0.5) is 4.79 Å². The van der Waals surface area contributed by atoms with Gasteiger partial charge in [-0.1, -0.05) is 148 Å². The van der Waals surface area contributed by atoms with Gasteiger partial charge in [-0.25, -0.2) is 4.79 Å². The van der Waals surface area contributed by atoms with Crippen LogP contribution in [0.2, 0.25) is 5.04 Å². The van der Waals surface area contributed by atoms with Crippen LogP contribution in [0.15, 0.2) is 133 Å². The highest BCUT2D eigenvalue weighted by molar-refractivity contribution is 6.99. The Morgan fingerprint density at radius 1 is 0.815 bits per heavy atom. The molecule has 9 heteroatoms. The average molecular weight is 743 g/mol. The standard InChI is InChI=1S/C45H50N2O6Si/c1-44(2,3)54(36-21-13-7-14-22-36,37-23-15-8-16-24-37)53-32-35-29-45-39(27-28-46(42(45)49)30-33-17-9-5-10-18-33)38(41(48)51-4)25-26-40(45)47(35)43(50)52-31-34-19-11-6-12-20-34/h5-24,26,35,38-39H,25,27-32H2,1-4H3/t35-,38+,39-,45-/m1/s1. The molecule has 2 fully saturated rings. The van der Waals surface area contributed by atoms with Crippen LogP contribution in [-0.2, 0) is 36.6 Å². The second-order valence-corrected chi connectivity index (χ2v) is 20.1. The van der Waals surface area contributed by atoms with Gasteiger partial charge in [0, 0.05) is 18.8 Å². The number of carbonyl (C=O) groups is 3. The molecule has 4 aromatic rings. The Morgan fingerprint density at radius 2 is 1.37 bits per heavy atom. The third-order valence-corrected chi connectivity index (χ3v) is 16.7. The summed E-state index contributed by atoms with van der Waals surface area (Å²) in [5.41, 5.74) is 1.36. The third-order valence-electron chi connectivity index (χ3n) is 11.7. The molecule has 8 nitrogen and oxygen atoms in total. The predicted molar refractivity (Wildman–Crippen MR) is 211 cm³/mol. The first-order chi connectivity index (χ1) is 26.1. The summed E-state index contributed by atoms with van der Waals surface area (Å²) >= 11 is 0. The number of rotatable bonds is 10. The molecule has 4 atom stereocenters. The molecular weight excluding hydrogens is 693 g/mol. The molecule has 54 heavy (non-hydrogen) atoms. The molecule has 2 saturated heterocycles. The molecule has 7 rings (SSSR count). The molecule has 0 radical (unpaired) electrons. The van der Waals surface area contributed by atoms with Crippen molar-refractivity contribution in [3.05, 3.63) is 144 Å². The molecule has 0 aromatic heterocycles. The maximum absolute atomic E-state index is 15.2. The van der Waals surface area contributed by atoms with E-state index in [-0.39, 0.29) is 36.0 Å². The molecule has 280 valence electrons. The lowest BCUT2D eigenvalue weighted by Gasteiger charge is -2.50. The number of methoxy groups -OCH3 is 1. The maximum atomic E-state index is 15.2. The van der Waals surface area contributed by atoms with Crippen molar-refractivity contribution >= 4 is 36.7 Å². The molecule has 1 spiro atoms. The van der Waals surface area contributed by atoms with E-state index in [1.54, 1.807) is 4.90 Å². The van der Waals surface area contributed by atoms with Gasteiger partial charge in [0.15, 0.2) is 0 Å². The predicted octanol–water partition coefficient (Wildman–Crippen LogP) is 7.09. The Labute approximate surface area is 319 Å². The summed E-state index contributed by atoms with van der Waals surface area (Å²) in [6, 6.07) is 39.8. The number of allylic oxidation sites excluding steroid dienone is 1. The van der Waals surface area contributed by atoms with E-state index in [0.29, 0.717) is 38.0 Å². The molecular formula is C45H50N2O6Si. The molecule has 0 bridgehead atoms. The van der Waals surface area contributed by atoms with Gasteiger partial charge >= 0.3 is 12.1 Å². The summed E-state index contributed by atoms with van der Waals surface area (Å²) in [6.07, 6.45) is 2.67. The van der Waals surface area contributed by atoms with Gasteiger partial charge in [-0.05, 0) is 51.7 Å². The van der Waals surface area contributed by atoms with Gasteiger partial charge in [0.2, 0.25) is 5.91 Å². The molecule has 4 aromatic carbocycles. The van der Waals surface area contributed by atoms with Crippen molar-refractivity contribution in [2.75, 3.05) is 20.3 Å². The van der Waals surface area contributed by atoms with Crippen molar-refractivity contribution in [1.82, 2.24) is 9.80 Å². The van der Waals surface area contributed by atoms with Crippen molar-refractivity contribution in [3.63, 3.8) is 0 Å². The van der Waals surface area contributed by atoms with E-state index in [1.165, 1.54) is 7.11 Å². The summed E-state index contributed by atoms with van der Waals surface area (Å²) in [5.74, 6) is -1.27. The van der Waals surface area contributed by atoms with Crippen LogP contribution in [0.3, 0.4) is 0 Å². The summed E-state index contributed by atoms with van der Waals surface area (Å²) in [4.78, 5) is 46.8. The van der Waals surface area contributed by atoms with E-state index >= 15 is 4.79 Å². The van der Waals surface area contributed by atoms with Crippen LogP contribution in [-0.4, -0.2) is 62.4 Å². The topological polar surface area (TPSA) is 85.4 Å². The zero-order valence-corrected chi connectivity index (χ0v) is 32.7. The Balaban J connectivity index is 1.32. The first-order valence-electron chi connectivity index (χ1n) is 19.0. The highest BCUT2D eigenvalue weighted by Gasteiger charge is 2.66. The van der Waals surface area contributed by atoms with E-state index in [2.05, 4.69) is 69.3 Å².